The van der Waals surface area contributed by atoms with E-state index in [1.165, 1.54) is 19.2 Å². The van der Waals surface area contributed by atoms with Gasteiger partial charge in [-0.1, -0.05) is 31.2 Å². The van der Waals surface area contributed by atoms with Gasteiger partial charge in [-0.15, -0.1) is 0 Å². The van der Waals surface area contributed by atoms with Crippen LogP contribution in [0.5, 0.6) is 5.75 Å². The van der Waals surface area contributed by atoms with Crippen LogP contribution in [0.1, 0.15) is 38.8 Å². The van der Waals surface area contributed by atoms with Gasteiger partial charge in [-0.3, -0.25) is 4.79 Å². The molecule has 2 aromatic carbocycles. The highest BCUT2D eigenvalue weighted by molar-refractivity contribution is 6.31. The number of para-hydroxylation sites is 1. The third-order valence-electron chi connectivity index (χ3n) is 4.23. The average Bonchev–Trinajstić information content (AvgIpc) is 2.67. The van der Waals surface area contributed by atoms with Crippen LogP contribution < -0.4 is 10.5 Å². The quantitative estimate of drug-likeness (QED) is 0.395. The van der Waals surface area contributed by atoms with E-state index >= 15 is 0 Å². The van der Waals surface area contributed by atoms with E-state index in [1.807, 2.05) is 13.0 Å². The first kappa shape index (κ1) is 17.4. The first-order chi connectivity index (χ1) is 12.5. The Hall–Kier alpha value is -3.41. The van der Waals surface area contributed by atoms with Crippen LogP contribution >= 0.6 is 0 Å². The second-order valence-corrected chi connectivity index (χ2v) is 5.72. The Morgan fingerprint density at radius 1 is 1.08 bits per heavy atom. The lowest BCUT2D eigenvalue weighted by atomic mass is 9.93. The zero-order valence-corrected chi connectivity index (χ0v) is 14.4. The minimum atomic E-state index is -0.780. The molecule has 0 radical (unpaired) electrons. The number of carbonyl (C=O) groups excluding carboxylic acids is 3. The Morgan fingerprint density at radius 2 is 1.73 bits per heavy atom. The fraction of sp³-hybridized carbons (Fsp3) is 0.150. The molecule has 1 heterocycles. The number of methoxy groups -OCH3 is 1. The molecule has 132 valence electrons. The van der Waals surface area contributed by atoms with Gasteiger partial charge in [-0.05, 0) is 35.7 Å². The number of Topliss-reactive ketones (excluding diaryl/α,β-unsaturated/α-hetero) is 1. The number of carbonyl (C=O) groups is 3. The average molecular weight is 351 g/mol. The van der Waals surface area contributed by atoms with Crippen LogP contribution in [0.2, 0.25) is 0 Å². The molecular formula is C20H17NO5. The van der Waals surface area contributed by atoms with Crippen LogP contribution in [0.15, 0.2) is 48.0 Å². The zero-order valence-electron chi connectivity index (χ0n) is 14.4. The number of fused-ring (bicyclic) bond motifs is 1. The van der Waals surface area contributed by atoms with E-state index in [1.54, 1.807) is 24.3 Å². The summed E-state index contributed by atoms with van der Waals surface area (Å²) in [4.78, 5) is 36.7. The van der Waals surface area contributed by atoms with Gasteiger partial charge in [0.05, 0.1) is 23.9 Å². The monoisotopic (exact) mass is 351 g/mol. The first-order valence-corrected chi connectivity index (χ1v) is 8.05. The van der Waals surface area contributed by atoms with Crippen molar-refractivity contribution in [2.75, 3.05) is 7.11 Å². The Morgan fingerprint density at radius 3 is 2.35 bits per heavy atom. The minimum absolute atomic E-state index is 0.00367. The van der Waals surface area contributed by atoms with Crippen LogP contribution in [0.3, 0.4) is 0 Å². The molecule has 0 saturated heterocycles. The summed E-state index contributed by atoms with van der Waals surface area (Å²) in [6, 6.07) is 11.3. The first-order valence-electron chi connectivity index (χ1n) is 8.05. The van der Waals surface area contributed by atoms with Crippen molar-refractivity contribution < 1.29 is 23.9 Å². The van der Waals surface area contributed by atoms with E-state index in [2.05, 4.69) is 4.74 Å². The molecule has 1 aliphatic heterocycles. The highest BCUT2D eigenvalue weighted by Gasteiger charge is 2.34. The molecule has 2 aromatic rings. The number of ketones is 1. The maximum Gasteiger partial charge on any atom is 0.349 e. The van der Waals surface area contributed by atoms with E-state index in [9.17, 15) is 14.4 Å². The van der Waals surface area contributed by atoms with Gasteiger partial charge < -0.3 is 15.2 Å². The van der Waals surface area contributed by atoms with Gasteiger partial charge in [-0.25, -0.2) is 9.59 Å². The minimum Gasteiger partial charge on any atom is -0.465 e. The molecule has 3 rings (SSSR count). The Bertz CT molecular complexity index is 941. The summed E-state index contributed by atoms with van der Waals surface area (Å²) in [6.45, 7) is 1.91. The van der Waals surface area contributed by atoms with Crippen molar-refractivity contribution in [1.82, 2.24) is 0 Å². The Kier molecular flexibility index (Phi) is 4.58. The third kappa shape index (κ3) is 2.86. The number of nitrogens with two attached hydrogens (primary N) is 1. The van der Waals surface area contributed by atoms with Crippen LogP contribution in [0.25, 0.3) is 5.70 Å². The van der Waals surface area contributed by atoms with Gasteiger partial charge >= 0.3 is 11.9 Å². The fourth-order valence-electron chi connectivity index (χ4n) is 2.81. The Balaban J connectivity index is 2.05. The molecule has 0 aromatic heterocycles. The lowest BCUT2D eigenvalue weighted by Gasteiger charge is -2.20. The lowest BCUT2D eigenvalue weighted by molar-refractivity contribution is -0.130. The summed E-state index contributed by atoms with van der Waals surface area (Å²) < 4.78 is 10.0. The number of benzene rings is 2. The Labute approximate surface area is 150 Å². The molecule has 0 aliphatic carbocycles. The van der Waals surface area contributed by atoms with Gasteiger partial charge in [0.25, 0.3) is 0 Å². The highest BCUT2D eigenvalue weighted by atomic mass is 16.5. The molecule has 0 bridgehead atoms. The van der Waals surface area contributed by atoms with Crippen molar-refractivity contribution in [1.29, 1.82) is 0 Å². The lowest BCUT2D eigenvalue weighted by Crippen LogP contribution is -2.28. The number of ether oxygens (including phenoxy) is 2. The number of hydrogen-bond donors (Lipinski definition) is 1. The predicted octanol–water partition coefficient (Wildman–Crippen LogP) is 2.51. The van der Waals surface area contributed by atoms with Crippen LogP contribution in [-0.2, 0) is 16.0 Å². The maximum absolute atomic E-state index is 12.8. The molecule has 0 amide bonds. The van der Waals surface area contributed by atoms with Crippen molar-refractivity contribution in [3.63, 3.8) is 0 Å². The van der Waals surface area contributed by atoms with Crippen molar-refractivity contribution in [3.8, 4) is 5.75 Å². The van der Waals surface area contributed by atoms with E-state index in [4.69, 9.17) is 10.5 Å². The van der Waals surface area contributed by atoms with Gasteiger partial charge in [0.2, 0.25) is 5.78 Å². The number of esters is 2. The predicted molar refractivity (Wildman–Crippen MR) is 94.7 cm³/mol. The van der Waals surface area contributed by atoms with Crippen LogP contribution in [-0.4, -0.2) is 24.8 Å². The van der Waals surface area contributed by atoms with Gasteiger partial charge in [0, 0.05) is 0 Å². The van der Waals surface area contributed by atoms with E-state index in [0.29, 0.717) is 28.9 Å². The molecule has 0 atom stereocenters. The summed E-state index contributed by atoms with van der Waals surface area (Å²) in [5.74, 6) is -1.45. The smallest absolute Gasteiger partial charge is 0.349 e. The SMILES string of the molecule is CCc1cccc2c1OC(=O)/C(=C(\N)c1ccc(C(=O)OC)cc1)C2=O. The summed E-state index contributed by atoms with van der Waals surface area (Å²) >= 11 is 0. The van der Waals surface area contributed by atoms with Crippen molar-refractivity contribution in [3.05, 3.63) is 70.3 Å². The third-order valence-corrected chi connectivity index (χ3v) is 4.23. The largest absolute Gasteiger partial charge is 0.465 e. The highest BCUT2D eigenvalue weighted by Crippen LogP contribution is 2.33. The molecule has 6 nitrogen and oxygen atoms in total. The van der Waals surface area contributed by atoms with E-state index < -0.39 is 17.7 Å². The molecule has 0 fully saturated rings. The molecule has 26 heavy (non-hydrogen) atoms. The summed E-state index contributed by atoms with van der Waals surface area (Å²) in [7, 11) is 1.28. The number of aryl methyl sites for hydroxylation is 1. The van der Waals surface area contributed by atoms with Crippen LogP contribution in [0.4, 0.5) is 0 Å². The van der Waals surface area contributed by atoms with E-state index in [-0.39, 0.29) is 11.3 Å². The van der Waals surface area contributed by atoms with Crippen LogP contribution in [0, 0.1) is 0 Å². The second-order valence-electron chi connectivity index (χ2n) is 5.72. The molecule has 1 aliphatic rings. The van der Waals surface area contributed by atoms with Gasteiger partial charge in [-0.2, -0.15) is 0 Å². The molecular weight excluding hydrogens is 334 g/mol. The molecule has 0 saturated carbocycles. The fourth-order valence-corrected chi connectivity index (χ4v) is 2.81. The summed E-state index contributed by atoms with van der Waals surface area (Å²) in [6.07, 6.45) is 0.632. The summed E-state index contributed by atoms with van der Waals surface area (Å²) in [5, 5.41) is 0. The maximum atomic E-state index is 12.8. The van der Waals surface area contributed by atoms with Gasteiger partial charge in [0.1, 0.15) is 11.3 Å². The van der Waals surface area contributed by atoms with Crippen molar-refractivity contribution in [2.24, 2.45) is 5.73 Å². The van der Waals surface area contributed by atoms with Crippen molar-refractivity contribution in [2.45, 2.75) is 13.3 Å². The topological polar surface area (TPSA) is 95.7 Å². The number of hydrogen-bond acceptors (Lipinski definition) is 6. The zero-order chi connectivity index (χ0) is 18.8. The van der Waals surface area contributed by atoms with Crippen molar-refractivity contribution >= 4 is 23.4 Å². The molecule has 6 heteroatoms. The second kappa shape index (κ2) is 6.84. The molecule has 0 unspecified atom stereocenters. The molecule has 2 N–H and O–H groups in total. The standard InChI is InChI=1S/C20H17NO5/c1-3-11-5-4-6-14-17(22)15(20(24)26-18(11)14)16(21)12-7-9-13(10-8-12)19(23)25-2/h4-10H,3,21H2,1-2H3/b16-15-. The summed E-state index contributed by atoms with van der Waals surface area (Å²) in [5.41, 5.74) is 7.74. The van der Waals surface area contributed by atoms with Gasteiger partial charge in [0.15, 0.2) is 0 Å². The van der Waals surface area contributed by atoms with E-state index in [0.717, 1.165) is 5.56 Å². The normalized spacial score (nSPS) is 15.2. The molecule has 0 spiro atoms. The number of rotatable bonds is 3.